The Morgan fingerprint density at radius 3 is 1.15 bits per heavy atom. The number of carbonyl (C=O) groups is 2. The zero-order valence-electron chi connectivity index (χ0n) is 35.4. The van der Waals surface area contributed by atoms with Crippen LogP contribution in [-0.4, -0.2) is 72.9 Å². The Bertz CT molecular complexity index is 1030. The summed E-state index contributed by atoms with van der Waals surface area (Å²) < 4.78 is 12.4. The molecule has 0 aromatic rings. The van der Waals surface area contributed by atoms with Crippen LogP contribution in [0.4, 0.5) is 9.59 Å². The summed E-state index contributed by atoms with van der Waals surface area (Å²) in [5, 5.41) is 22.8. The van der Waals surface area contributed by atoms with Crippen molar-refractivity contribution in [2.45, 2.75) is 140 Å². The van der Waals surface area contributed by atoms with Crippen molar-refractivity contribution in [2.24, 2.45) is 53.3 Å². The van der Waals surface area contributed by atoms with Crippen LogP contribution in [-0.2, 0) is 14.2 Å². The van der Waals surface area contributed by atoms with Crippen LogP contribution >= 0.6 is 0 Å². The third kappa shape index (κ3) is 17.1. The number of nitriles is 3. The molecule has 4 amide bonds. The maximum Gasteiger partial charge on any atom is 0.329 e. The van der Waals surface area contributed by atoms with Gasteiger partial charge in [-0.1, -0.05) is 81.1 Å². The third-order valence-electron chi connectivity index (χ3n) is 11.5. The van der Waals surface area contributed by atoms with Gasteiger partial charge in [0, 0.05) is 19.6 Å². The molecule has 0 bridgehead atoms. The molecule has 11 nitrogen and oxygen atoms in total. The highest BCUT2D eigenvalue weighted by atomic mass is 16.5. The number of hydrogen-bond acceptors (Lipinski definition) is 8. The maximum atomic E-state index is 13.9. The van der Waals surface area contributed by atoms with E-state index in [0.29, 0.717) is 68.5 Å². The number of imide groups is 1. The average molecular weight is 745 g/mol. The topological polar surface area (TPSA) is 143 Å². The second kappa shape index (κ2) is 29.0. The summed E-state index contributed by atoms with van der Waals surface area (Å²) in [6.07, 6.45) is 16.7. The van der Waals surface area contributed by atoms with Crippen molar-refractivity contribution in [3.63, 3.8) is 0 Å². The normalized spacial score (nSPS) is 28.6. The highest BCUT2D eigenvalue weighted by molar-refractivity contribution is 5.95. The smallest absolute Gasteiger partial charge is 0.329 e. The second-order valence-corrected chi connectivity index (χ2v) is 15.0. The largest absolute Gasteiger partial charge is 0.428 e. The first-order valence-corrected chi connectivity index (χ1v) is 20.9. The fourth-order valence-electron chi connectivity index (χ4n) is 9.04. The van der Waals surface area contributed by atoms with E-state index in [4.69, 9.17) is 15.8 Å². The zero-order chi connectivity index (χ0) is 40.3. The van der Waals surface area contributed by atoms with Crippen molar-refractivity contribution in [1.29, 1.82) is 15.8 Å². The Labute approximate surface area is 324 Å². The molecule has 0 N–H and O–H groups in total. The number of amides is 4. The number of urea groups is 2. The van der Waals surface area contributed by atoms with E-state index in [1.807, 2.05) is 13.8 Å². The molecule has 1 heterocycles. The minimum Gasteiger partial charge on any atom is -0.428 e. The molecule has 0 radical (unpaired) electrons. The van der Waals surface area contributed by atoms with Crippen LogP contribution in [0.1, 0.15) is 140 Å². The Kier molecular flexibility index (Phi) is 27.2. The molecular weight excluding hydrogens is 668 g/mol. The molecule has 4 fully saturated rings. The Morgan fingerprint density at radius 1 is 0.528 bits per heavy atom. The van der Waals surface area contributed by atoms with Gasteiger partial charge in [0.1, 0.15) is 0 Å². The summed E-state index contributed by atoms with van der Waals surface area (Å²) in [6.45, 7) is 27.4. The molecule has 304 valence electrons. The van der Waals surface area contributed by atoms with E-state index >= 15 is 0 Å². The van der Waals surface area contributed by atoms with Crippen molar-refractivity contribution in [1.82, 2.24) is 14.7 Å². The highest BCUT2D eigenvalue weighted by Gasteiger charge is 2.44. The van der Waals surface area contributed by atoms with Gasteiger partial charge in [0.2, 0.25) is 0 Å². The van der Waals surface area contributed by atoms with E-state index in [2.05, 4.69) is 65.6 Å². The van der Waals surface area contributed by atoms with Gasteiger partial charge in [-0.15, -0.1) is 0 Å². The van der Waals surface area contributed by atoms with Gasteiger partial charge in [-0.05, 0) is 113 Å². The van der Waals surface area contributed by atoms with Crippen molar-refractivity contribution in [2.75, 3.05) is 46.1 Å². The van der Waals surface area contributed by atoms with E-state index in [-0.39, 0.29) is 12.1 Å². The van der Waals surface area contributed by atoms with Crippen molar-refractivity contribution < 1.29 is 23.8 Å². The highest BCUT2D eigenvalue weighted by Crippen LogP contribution is 2.43. The van der Waals surface area contributed by atoms with E-state index in [9.17, 15) is 9.59 Å². The molecule has 3 saturated carbocycles. The maximum absolute atomic E-state index is 13.9. The quantitative estimate of drug-likeness (QED) is 0.170. The lowest BCUT2D eigenvalue weighted by molar-refractivity contribution is 0.0528. The molecule has 3 aliphatic carbocycles. The van der Waals surface area contributed by atoms with Gasteiger partial charge in [0.25, 0.3) is 18.8 Å². The Hall–Kier alpha value is -3.39. The molecule has 4 aliphatic rings. The van der Waals surface area contributed by atoms with Crippen molar-refractivity contribution >= 4 is 12.1 Å². The molecular formula is C42H76N6O5. The van der Waals surface area contributed by atoms with Gasteiger partial charge in [0.15, 0.2) is 0 Å². The van der Waals surface area contributed by atoms with Gasteiger partial charge in [-0.25, -0.2) is 14.5 Å². The number of ether oxygens (including phenoxy) is 3. The lowest BCUT2D eigenvalue weighted by Gasteiger charge is -2.44. The lowest BCUT2D eigenvalue weighted by atomic mass is 9.92. The Morgan fingerprint density at radius 2 is 0.849 bits per heavy atom. The summed E-state index contributed by atoms with van der Waals surface area (Å²) in [4.78, 5) is 33.6. The van der Waals surface area contributed by atoms with Gasteiger partial charge in [0.05, 0.1) is 26.5 Å². The molecule has 11 heteroatoms. The lowest BCUT2D eigenvalue weighted by Crippen LogP contribution is -2.63. The van der Waals surface area contributed by atoms with Crippen molar-refractivity contribution in [3.8, 4) is 18.8 Å². The van der Waals surface area contributed by atoms with Crippen LogP contribution in [0, 0.1) is 87.8 Å². The molecule has 0 aromatic heterocycles. The predicted octanol–water partition coefficient (Wildman–Crippen LogP) is 10.2. The standard InChI is InChI=1S/C31H55N3O2.3C3H5NO.C2H6/c1-7-23-15-26(10-4)29(16-23)19-34-30(35)32(17-27-13-21(5)11-24(27)8-2)20-33(31(34)36)18-28-14-22(6)12-25(28)9-3;3*1-2-5-3-4;1-2/h21-29H,7-20H2,1-6H3;3*2H2,1H3;1-2H3. The second-order valence-electron chi connectivity index (χ2n) is 15.0. The van der Waals surface area contributed by atoms with E-state index in [1.165, 1.54) is 76.6 Å². The van der Waals surface area contributed by atoms with Crippen LogP contribution in [0.3, 0.4) is 0 Å². The molecule has 0 spiro atoms. The van der Waals surface area contributed by atoms with E-state index in [1.54, 1.807) is 25.7 Å². The summed E-state index contributed by atoms with van der Waals surface area (Å²) in [7, 11) is 0. The monoisotopic (exact) mass is 745 g/mol. The fourth-order valence-corrected chi connectivity index (χ4v) is 9.04. The predicted molar refractivity (Wildman–Crippen MR) is 210 cm³/mol. The first-order chi connectivity index (χ1) is 25.5. The van der Waals surface area contributed by atoms with Crippen LogP contribution in [0.15, 0.2) is 0 Å². The summed E-state index contributed by atoms with van der Waals surface area (Å²) in [5.74, 6) is 5.88. The molecule has 0 aromatic carbocycles. The van der Waals surface area contributed by atoms with E-state index in [0.717, 1.165) is 37.3 Å². The van der Waals surface area contributed by atoms with Crippen LogP contribution in [0.2, 0.25) is 0 Å². The SMILES string of the molecule is CC.CCC1CC(CC)C(CN2C(=O)N(CC3CC(C)CC3CC)CN(CC3CC(C)CC3CC)C2=O)C1.CCOC#N.CCOC#N.CCOC#N. The molecule has 53 heavy (non-hydrogen) atoms. The average Bonchev–Trinajstić information content (AvgIpc) is 3.85. The molecule has 1 saturated heterocycles. The summed E-state index contributed by atoms with van der Waals surface area (Å²) in [6, 6.07) is -0.0143. The van der Waals surface area contributed by atoms with Gasteiger partial charge >= 0.3 is 12.1 Å². The first-order valence-electron chi connectivity index (χ1n) is 20.9. The summed E-state index contributed by atoms with van der Waals surface area (Å²) >= 11 is 0. The first kappa shape index (κ1) is 49.6. The minimum atomic E-state index is -0.00714. The number of rotatable bonds is 13. The fraction of sp³-hybridized carbons (Fsp3) is 0.881. The number of carbonyl (C=O) groups excluding carboxylic acids is 2. The molecule has 1 aliphatic heterocycles. The van der Waals surface area contributed by atoms with Crippen molar-refractivity contribution in [3.05, 3.63) is 0 Å². The molecule has 9 unspecified atom stereocenters. The minimum absolute atomic E-state index is 0.00714. The molecule has 4 rings (SSSR count). The summed E-state index contributed by atoms with van der Waals surface area (Å²) in [5.41, 5.74) is 0. The van der Waals surface area contributed by atoms with Gasteiger partial charge < -0.3 is 24.0 Å². The molecule has 9 atom stereocenters. The number of hydrogen-bond donors (Lipinski definition) is 0. The van der Waals surface area contributed by atoms with Crippen LogP contribution in [0.25, 0.3) is 0 Å². The van der Waals surface area contributed by atoms with Crippen LogP contribution in [0.5, 0.6) is 0 Å². The van der Waals surface area contributed by atoms with Gasteiger partial charge in [-0.2, -0.15) is 15.8 Å². The van der Waals surface area contributed by atoms with E-state index < -0.39 is 0 Å². The Balaban J connectivity index is 0.00000133. The zero-order valence-corrected chi connectivity index (χ0v) is 35.4. The van der Waals surface area contributed by atoms with Gasteiger partial charge in [-0.3, -0.25) is 0 Å². The van der Waals surface area contributed by atoms with Crippen LogP contribution < -0.4 is 0 Å². The number of nitrogens with zero attached hydrogens (tertiary/aromatic N) is 6. The third-order valence-corrected chi connectivity index (χ3v) is 11.5.